The van der Waals surface area contributed by atoms with Crippen molar-refractivity contribution in [2.75, 3.05) is 275 Å². The van der Waals surface area contributed by atoms with E-state index in [1.54, 1.807) is 29.4 Å². The first kappa shape index (κ1) is 181. The van der Waals surface area contributed by atoms with Crippen LogP contribution in [-0.2, 0) is 171 Å². The fourth-order valence-electron chi connectivity index (χ4n) is 12.7. The minimum atomic E-state index is -1.53. The minimum absolute atomic E-state index is 0. The van der Waals surface area contributed by atoms with Gasteiger partial charge in [-0.25, -0.2) is 0 Å². The number of aliphatic carboxylic acids is 18. The monoisotopic (exact) mass is 3340 g/mol. The van der Waals surface area contributed by atoms with Crippen molar-refractivity contribution in [1.29, 1.82) is 0 Å². The summed E-state index contributed by atoms with van der Waals surface area (Å²) in [7, 11) is 0. The second-order valence-corrected chi connectivity index (χ2v) is 29.7. The molecule has 2 heterocycles. The summed E-state index contributed by atoms with van der Waals surface area (Å²) in [6.45, 7) is 1.07. The van der Waals surface area contributed by atoms with Crippen LogP contribution in [0.15, 0.2) is 0 Å². The normalized spacial score (nSPS) is 16.4. The molecule has 14 N–H and O–H groups in total. The van der Waals surface area contributed by atoms with Gasteiger partial charge in [-0.2, -0.15) is 23.9 Å². The molecule has 0 aromatic rings. The average molecular weight is 3340 g/mol. The van der Waals surface area contributed by atoms with Crippen LogP contribution < -0.4 is 71.5 Å². The Labute approximate surface area is 1020 Å². The Morgan fingerprint density at radius 1 is 0.225 bits per heavy atom. The topological polar surface area (TPSA) is 938 Å². The summed E-state index contributed by atoms with van der Waals surface area (Å²) in [4.78, 5) is 214. The molecule has 2 saturated heterocycles. The van der Waals surface area contributed by atoms with Crippen LogP contribution in [0.5, 0.6) is 0 Å². The number of hydrogen-bond acceptors (Lipinski definition) is 46. The van der Waals surface area contributed by atoms with Gasteiger partial charge in [0.1, 0.15) is 0 Å². The third-order valence-electron chi connectivity index (χ3n) is 19.0. The number of hydrogen-bond donors (Lipinski definition) is 4. The Hall–Kier alpha value is -2.29. The Bertz CT molecular complexity index is 2840. The van der Waals surface area contributed by atoms with Gasteiger partial charge in [-0.1, -0.05) is 51.4 Å². The Morgan fingerprint density at radius 3 is 0.451 bits per heavy atom. The molecule has 4 aliphatic rings. The van der Waals surface area contributed by atoms with Crippen molar-refractivity contribution < 1.29 is 422 Å². The van der Waals surface area contributed by atoms with E-state index in [0.717, 1.165) is 32.4 Å². The molecule has 2 aliphatic carbocycles. The van der Waals surface area contributed by atoms with Gasteiger partial charge >= 0.3 is 184 Å². The van der Waals surface area contributed by atoms with Gasteiger partial charge in [0.2, 0.25) is 0 Å². The van der Waals surface area contributed by atoms with Crippen molar-refractivity contribution in [3.05, 3.63) is 79.6 Å². The summed E-state index contributed by atoms with van der Waals surface area (Å²) < 4.78 is 0. The fraction of sp³-hybridized carbons (Fsp3) is 0.692. The number of nitrogens with one attached hydrogen (secondary N) is 2. The van der Waals surface area contributed by atoms with Crippen LogP contribution in [0.3, 0.4) is 0 Å². The van der Waals surface area contributed by atoms with Crippen molar-refractivity contribution in [3.63, 3.8) is 0 Å². The largest absolute Gasteiger partial charge is 3.00 e. The average Bonchev–Trinajstić information content (AvgIpc) is 0.895. The molecule has 4 fully saturated rings. The molecule has 4 atom stereocenters. The van der Waals surface area contributed by atoms with E-state index >= 15 is 0 Å². The van der Waals surface area contributed by atoms with Crippen LogP contribution in [0.2, 0.25) is 0 Å². The molecular weight excluding hydrogens is 3200 g/mol. The Kier molecular flexibility index (Phi) is 139. The first-order valence-corrected chi connectivity index (χ1v) is 39.8. The van der Waals surface area contributed by atoms with Gasteiger partial charge in [-0.15, -0.1) is 0 Å². The van der Waals surface area contributed by atoms with Gasteiger partial charge in [0.15, 0.2) is 0 Å². The van der Waals surface area contributed by atoms with Gasteiger partial charge < -0.3 is 239 Å². The number of rotatable bonds is 48. The second kappa shape index (κ2) is 108. The molecule has 0 amide bonds. The first-order chi connectivity index (χ1) is 58.9. The van der Waals surface area contributed by atoms with Crippen molar-refractivity contribution in [2.45, 2.75) is 63.5 Å². The van der Waals surface area contributed by atoms with Gasteiger partial charge in [0.05, 0.1) is 110 Å². The van der Waals surface area contributed by atoms with Crippen LogP contribution in [0.25, 0.3) is 36.1 Å². The van der Waals surface area contributed by atoms with Crippen LogP contribution >= 0.6 is 0 Å². The van der Waals surface area contributed by atoms with E-state index in [0.29, 0.717) is 11.8 Å². The maximum atomic E-state index is 11.1. The molecule has 142 heavy (non-hydrogen) atoms. The van der Waals surface area contributed by atoms with Gasteiger partial charge in [-0.05, 0) is 0 Å². The Balaban J connectivity index is -0.0000000824. The molecular formula is C78H134Gd4N20O36Pt4-14. The third kappa shape index (κ3) is 112. The smallest absolute Gasteiger partial charge is 0.693 e. The van der Waals surface area contributed by atoms with Crippen LogP contribution in [0.1, 0.15) is 51.4 Å². The molecule has 2 aliphatic heterocycles. The number of carboxylic acids is 18. The van der Waals surface area contributed by atoms with E-state index in [9.17, 15) is 158 Å². The third-order valence-corrected chi connectivity index (χ3v) is 19.0. The van der Waals surface area contributed by atoms with E-state index in [4.69, 9.17) is 31.9 Å². The van der Waals surface area contributed by atoms with E-state index in [-0.39, 0.29) is 520 Å². The Morgan fingerprint density at radius 2 is 0.352 bits per heavy atom. The molecule has 848 valence electrons. The molecule has 4 rings (SSSR count). The molecule has 2 saturated carbocycles. The van der Waals surface area contributed by atoms with Crippen molar-refractivity contribution in [2.24, 2.45) is 11.8 Å². The van der Waals surface area contributed by atoms with E-state index < -0.39 is 173 Å². The first-order valence-electron chi connectivity index (χ1n) is 39.8. The molecule has 0 aromatic heterocycles. The van der Waals surface area contributed by atoms with Crippen molar-refractivity contribution in [3.8, 4) is 0 Å². The van der Waals surface area contributed by atoms with Gasteiger partial charge in [0, 0.05) is 333 Å². The molecule has 0 spiro atoms. The number of nitrogens with zero attached hydrogens (tertiary/aromatic N) is 14. The van der Waals surface area contributed by atoms with Crippen LogP contribution in [0.4, 0.5) is 0 Å². The van der Waals surface area contributed by atoms with Crippen LogP contribution in [-0.4, -0.2) is 483 Å². The SMILES string of the molecule is O=C([O-])CN(CCN(CCN(CC(=O)[O-])CC(=O)[O-])CC(=O)O)CC(=O)[O-].O=C([O-])CN(CCN(CCN(CC(=O)[O-])CC(=O)[O-])CC(=O)O)CC(=O)[O-].O=C([O-])CN1CCN(CC(=O)[O-])CCN(CC(=O)O)CCN(CC(=O)[O-])CC1.O=C([O-])CN1CCN(CC(=O)[O-])CCN(CC(=O)O)CCN(CC(=O)[O-])CC1.[CH2-]C1CCCCC1[NH-].[CH2-]C1CCCCC1[NH-].[CH3-].[CH3-].[CH3-].[CH3-].[Gd+3].[Gd+3].[Gd+3].[Gd+3].[NH2-].[NH2-].[NH2-].[NH2-].[Pt].[Pt].[Pt].[Pt]. The van der Waals surface area contributed by atoms with Crippen molar-refractivity contribution >= 4 is 107 Å². The fourth-order valence-corrected chi connectivity index (χ4v) is 12.7. The zero-order valence-corrected chi connectivity index (χ0v) is 97.3. The quantitative estimate of drug-likeness (QED) is 0.0411. The van der Waals surface area contributed by atoms with Gasteiger partial charge in [-0.3, -0.25) is 87.8 Å². The van der Waals surface area contributed by atoms with Crippen LogP contribution in [0, 0.1) is 215 Å². The second-order valence-electron chi connectivity index (χ2n) is 29.7. The molecule has 64 heteroatoms. The summed E-state index contributed by atoms with van der Waals surface area (Å²) in [6.07, 6.45) is 9.60. The number of nitrogens with two attached hydrogens (primary N) is 4. The molecule has 0 bridgehead atoms. The van der Waals surface area contributed by atoms with E-state index in [2.05, 4.69) is 13.8 Å². The maximum absolute atomic E-state index is 11.1. The predicted molar refractivity (Wildman–Crippen MR) is 448 cm³/mol. The predicted octanol–water partition coefficient (Wildman–Crippen LogP) is -19.4. The molecule has 4 radical (unpaired) electrons. The minimum Gasteiger partial charge on any atom is -0.693 e. The number of carbonyl (C=O) groups is 18. The number of carbonyl (C=O) groups excluding carboxylic acids is 14. The van der Waals surface area contributed by atoms with Crippen molar-refractivity contribution in [1.82, 2.24) is 68.6 Å². The molecule has 0 aromatic carbocycles. The standard InChI is InChI=1S/2C16H28N4O8.2C14H23N3O10.2C7H13N.4CH3.4Gd.4H2N.4Pt/c2*21-13(22)9-17-1-2-18(10-14(23)24)5-6-20(12-16(27)28)8-7-19(4-3-17)11-15(25)26;2*18-10(19)5-15(1-3-16(6-11(20)21)7-12(22)23)2-4-17(8-13(24)25)9-14(26)27;2*1-6-4-2-3-5-7(6)8;;;;;;;;;;;;;;;;/h2*1-12H2,(H,21,22)(H,23,24)(H,25,26)(H,27,28);2*1-9H2,(H,18,19)(H,20,21)(H,22,23)(H,24,25)(H,26,27);2*6-8H,1-5H2;4*1H3;;;;;4*1H2;;;;/q;;;;2*-2;4*-1;4*+3;4*-1;;;;/p-14. The summed E-state index contributed by atoms with van der Waals surface area (Å²) in [5, 5.41) is 187. The zero-order valence-electron chi connectivity index (χ0n) is 79.2. The molecule has 4 unspecified atom stereocenters. The summed E-state index contributed by atoms with van der Waals surface area (Å²) in [5.41, 5.74) is 14.8. The summed E-state index contributed by atoms with van der Waals surface area (Å²) in [6, 6.07) is 0.285. The van der Waals surface area contributed by atoms with E-state index in [1.807, 2.05) is 0 Å². The number of carboxylic acid groups (broad SMARTS) is 18. The summed E-state index contributed by atoms with van der Waals surface area (Å²) >= 11 is 0. The molecule has 56 nitrogen and oxygen atoms in total. The van der Waals surface area contributed by atoms with Gasteiger partial charge in [0.25, 0.3) is 0 Å². The van der Waals surface area contributed by atoms with E-state index in [1.165, 1.54) is 58.1 Å². The zero-order chi connectivity index (χ0) is 96.1. The summed E-state index contributed by atoms with van der Waals surface area (Å²) in [5.74, 6) is -23.7. The maximum Gasteiger partial charge on any atom is 3.00 e.